The maximum absolute atomic E-state index is 6.26. The predicted octanol–water partition coefficient (Wildman–Crippen LogP) is 3.38. The molecule has 3 rings (SSSR count). The first-order chi connectivity index (χ1) is 8.72. The van der Waals surface area contributed by atoms with Gasteiger partial charge in [0.1, 0.15) is 6.73 Å². The molecule has 1 saturated heterocycles. The van der Waals surface area contributed by atoms with E-state index in [1.54, 1.807) is 0 Å². The predicted molar refractivity (Wildman–Crippen MR) is 73.3 cm³/mol. The van der Waals surface area contributed by atoms with Crippen molar-refractivity contribution in [1.29, 1.82) is 0 Å². The molecule has 1 aliphatic heterocycles. The highest BCUT2D eigenvalue weighted by Crippen LogP contribution is 2.46. The minimum atomic E-state index is -0.0984. The molecule has 0 radical (unpaired) electrons. The van der Waals surface area contributed by atoms with Gasteiger partial charge in [-0.05, 0) is 32.4 Å². The van der Waals surface area contributed by atoms with E-state index in [9.17, 15) is 0 Å². The van der Waals surface area contributed by atoms with Crippen LogP contribution in [0.5, 0.6) is 0 Å². The zero-order valence-corrected chi connectivity index (χ0v) is 11.4. The van der Waals surface area contributed by atoms with Gasteiger partial charge in [0.2, 0.25) is 0 Å². The number of nitrogens with zero attached hydrogens (tertiary/aromatic N) is 1. The molecule has 0 bridgehead atoms. The normalized spacial score (nSPS) is 37.2. The Labute approximate surface area is 110 Å². The van der Waals surface area contributed by atoms with E-state index in [1.807, 2.05) is 0 Å². The first-order valence-electron chi connectivity index (χ1n) is 7.11. The van der Waals surface area contributed by atoms with Crippen LogP contribution in [0.25, 0.3) is 0 Å². The highest BCUT2D eigenvalue weighted by atomic mass is 16.5. The lowest BCUT2D eigenvalue weighted by Gasteiger charge is -2.52. The summed E-state index contributed by atoms with van der Waals surface area (Å²) in [5.41, 5.74) is 1.24. The number of hydrogen-bond acceptors (Lipinski definition) is 2. The molecular weight excluding hydrogens is 222 g/mol. The van der Waals surface area contributed by atoms with Crippen molar-refractivity contribution in [3.8, 4) is 0 Å². The maximum Gasteiger partial charge on any atom is 0.100 e. The Kier molecular flexibility index (Phi) is 3.16. The molecule has 1 aliphatic carbocycles. The second-order valence-corrected chi connectivity index (χ2v) is 5.96. The lowest BCUT2D eigenvalue weighted by atomic mass is 9.70. The molecule has 2 heteroatoms. The van der Waals surface area contributed by atoms with Crippen molar-refractivity contribution in [2.75, 3.05) is 13.8 Å². The van der Waals surface area contributed by atoms with E-state index in [4.69, 9.17) is 4.74 Å². The Balaban J connectivity index is 1.95. The molecule has 0 aromatic heterocycles. The van der Waals surface area contributed by atoms with Gasteiger partial charge in [-0.1, -0.05) is 43.2 Å². The molecule has 18 heavy (non-hydrogen) atoms. The minimum Gasteiger partial charge on any atom is -0.355 e. The smallest absolute Gasteiger partial charge is 0.100 e. The minimum absolute atomic E-state index is 0.0984. The van der Waals surface area contributed by atoms with Gasteiger partial charge < -0.3 is 4.74 Å². The van der Waals surface area contributed by atoms with Crippen LogP contribution in [0.3, 0.4) is 0 Å². The van der Waals surface area contributed by atoms with Crippen LogP contribution < -0.4 is 0 Å². The zero-order valence-electron chi connectivity index (χ0n) is 11.4. The van der Waals surface area contributed by atoms with Crippen molar-refractivity contribution in [1.82, 2.24) is 4.90 Å². The highest BCUT2D eigenvalue weighted by Gasteiger charge is 2.47. The third-order valence-electron chi connectivity index (χ3n) is 4.92. The van der Waals surface area contributed by atoms with Crippen LogP contribution in [0.2, 0.25) is 0 Å². The summed E-state index contributed by atoms with van der Waals surface area (Å²) < 4.78 is 6.26. The van der Waals surface area contributed by atoms with Crippen molar-refractivity contribution in [2.24, 2.45) is 5.92 Å². The fourth-order valence-electron chi connectivity index (χ4n) is 3.79. The Bertz CT molecular complexity index is 405. The van der Waals surface area contributed by atoms with Crippen LogP contribution in [0.1, 0.15) is 38.2 Å². The van der Waals surface area contributed by atoms with Gasteiger partial charge in [-0.3, -0.25) is 4.90 Å². The molecule has 1 aromatic rings. The average Bonchev–Trinajstić information content (AvgIpc) is 2.44. The molecule has 2 aliphatic rings. The summed E-state index contributed by atoms with van der Waals surface area (Å²) in [6.45, 7) is 3.05. The zero-order chi connectivity index (χ0) is 12.6. The van der Waals surface area contributed by atoms with Gasteiger partial charge in [-0.25, -0.2) is 0 Å². The van der Waals surface area contributed by atoms with E-state index in [2.05, 4.69) is 49.2 Å². The van der Waals surface area contributed by atoms with Gasteiger partial charge in [-0.15, -0.1) is 0 Å². The molecule has 1 saturated carbocycles. The molecule has 0 amide bonds. The lowest BCUT2D eigenvalue weighted by molar-refractivity contribution is -0.197. The first kappa shape index (κ1) is 12.2. The van der Waals surface area contributed by atoms with E-state index in [1.165, 1.54) is 31.2 Å². The van der Waals surface area contributed by atoms with Crippen LogP contribution in [0.15, 0.2) is 30.3 Å². The number of ether oxygens (including phenoxy) is 1. The van der Waals surface area contributed by atoms with Gasteiger partial charge in [0.25, 0.3) is 0 Å². The van der Waals surface area contributed by atoms with Crippen molar-refractivity contribution in [3.05, 3.63) is 35.9 Å². The molecule has 2 nitrogen and oxygen atoms in total. The quantitative estimate of drug-likeness (QED) is 0.752. The molecule has 0 spiro atoms. The fraction of sp³-hybridized carbons (Fsp3) is 0.625. The Hall–Kier alpha value is -0.860. The summed E-state index contributed by atoms with van der Waals surface area (Å²) >= 11 is 0. The molecule has 1 aromatic carbocycles. The third kappa shape index (κ3) is 1.88. The number of hydrogen-bond donors (Lipinski definition) is 0. The van der Waals surface area contributed by atoms with Crippen molar-refractivity contribution >= 4 is 0 Å². The van der Waals surface area contributed by atoms with Crippen LogP contribution >= 0.6 is 0 Å². The summed E-state index contributed by atoms with van der Waals surface area (Å²) in [6, 6.07) is 11.5. The topological polar surface area (TPSA) is 12.5 Å². The highest BCUT2D eigenvalue weighted by molar-refractivity contribution is 5.24. The summed E-state index contributed by atoms with van der Waals surface area (Å²) in [7, 11) is 2.20. The number of fused-ring (bicyclic) bond motifs is 1. The van der Waals surface area contributed by atoms with Gasteiger partial charge >= 0.3 is 0 Å². The van der Waals surface area contributed by atoms with Gasteiger partial charge in [0.05, 0.1) is 5.60 Å². The first-order valence-corrected chi connectivity index (χ1v) is 7.11. The molecule has 98 valence electrons. The average molecular weight is 245 g/mol. The van der Waals surface area contributed by atoms with Gasteiger partial charge in [0.15, 0.2) is 0 Å². The van der Waals surface area contributed by atoms with E-state index >= 15 is 0 Å². The fourth-order valence-corrected chi connectivity index (χ4v) is 3.79. The van der Waals surface area contributed by atoms with E-state index in [-0.39, 0.29) is 5.60 Å². The standard InChI is InChI=1S/C16H23NO/c1-16(13-8-4-3-5-9-13)14-10-6-7-11-15(14)17(2)12-18-16/h3-5,8-9,14-15H,6-7,10-12H2,1-2H3. The van der Waals surface area contributed by atoms with Crippen LogP contribution in [-0.2, 0) is 10.3 Å². The van der Waals surface area contributed by atoms with Crippen molar-refractivity contribution < 1.29 is 4.74 Å². The third-order valence-corrected chi connectivity index (χ3v) is 4.92. The lowest BCUT2D eigenvalue weighted by Crippen LogP contribution is -2.56. The molecule has 2 fully saturated rings. The van der Waals surface area contributed by atoms with Crippen LogP contribution in [0, 0.1) is 5.92 Å². The summed E-state index contributed by atoms with van der Waals surface area (Å²) in [5, 5.41) is 0. The molecule has 3 atom stereocenters. The molecule has 3 unspecified atom stereocenters. The van der Waals surface area contributed by atoms with E-state index in [0.717, 1.165) is 6.73 Å². The van der Waals surface area contributed by atoms with Gasteiger partial charge in [0, 0.05) is 12.0 Å². The molecule has 1 heterocycles. The monoisotopic (exact) mass is 245 g/mol. The summed E-state index contributed by atoms with van der Waals surface area (Å²) in [5.74, 6) is 0.632. The summed E-state index contributed by atoms with van der Waals surface area (Å²) in [4.78, 5) is 2.40. The molecular formula is C16H23NO. The second kappa shape index (κ2) is 4.67. The second-order valence-electron chi connectivity index (χ2n) is 5.96. The maximum atomic E-state index is 6.26. The SMILES string of the molecule is CN1COC(C)(c2ccccc2)C2CCCCC21. The summed E-state index contributed by atoms with van der Waals surface area (Å²) in [6.07, 6.45) is 5.34. The molecule has 0 N–H and O–H groups in total. The largest absolute Gasteiger partial charge is 0.355 e. The van der Waals surface area contributed by atoms with E-state index < -0.39 is 0 Å². The van der Waals surface area contributed by atoms with Gasteiger partial charge in [-0.2, -0.15) is 0 Å². The Morgan fingerprint density at radius 1 is 1.17 bits per heavy atom. The van der Waals surface area contributed by atoms with Crippen LogP contribution in [-0.4, -0.2) is 24.7 Å². The van der Waals surface area contributed by atoms with Crippen molar-refractivity contribution in [3.63, 3.8) is 0 Å². The van der Waals surface area contributed by atoms with E-state index in [0.29, 0.717) is 12.0 Å². The van der Waals surface area contributed by atoms with Crippen LogP contribution in [0.4, 0.5) is 0 Å². The number of benzene rings is 1. The van der Waals surface area contributed by atoms with Crippen molar-refractivity contribution in [2.45, 2.75) is 44.2 Å². The number of rotatable bonds is 1. The Morgan fingerprint density at radius 3 is 2.67 bits per heavy atom. The Morgan fingerprint density at radius 2 is 1.89 bits per heavy atom.